The number of anilines is 1. The lowest BCUT2D eigenvalue weighted by Gasteiger charge is -2.13. The minimum atomic E-state index is -3.34. The molecular formula is C18H18FNO3S. The molecule has 1 amide bonds. The van der Waals surface area contributed by atoms with Gasteiger partial charge in [-0.05, 0) is 60.2 Å². The Morgan fingerprint density at radius 2 is 2.00 bits per heavy atom. The Bertz CT molecular complexity index is 906. The summed E-state index contributed by atoms with van der Waals surface area (Å²) in [6, 6.07) is 9.38. The molecule has 0 aliphatic heterocycles. The van der Waals surface area contributed by atoms with E-state index in [-0.39, 0.29) is 17.2 Å². The molecule has 1 aliphatic rings. The molecule has 2 aromatic carbocycles. The number of nitrogens with one attached hydrogen (secondary N) is 1. The highest BCUT2D eigenvalue weighted by Crippen LogP contribution is 2.27. The van der Waals surface area contributed by atoms with E-state index in [2.05, 4.69) is 5.32 Å². The Morgan fingerprint density at radius 1 is 1.21 bits per heavy atom. The van der Waals surface area contributed by atoms with E-state index in [1.54, 1.807) is 6.07 Å². The van der Waals surface area contributed by atoms with Gasteiger partial charge >= 0.3 is 0 Å². The molecule has 1 aliphatic carbocycles. The summed E-state index contributed by atoms with van der Waals surface area (Å²) in [5.41, 5.74) is 3.39. The number of hydrogen-bond donors (Lipinski definition) is 1. The summed E-state index contributed by atoms with van der Waals surface area (Å²) in [4.78, 5) is 12.6. The monoisotopic (exact) mass is 347 g/mol. The first-order valence-corrected chi connectivity index (χ1v) is 9.78. The Kier molecular flexibility index (Phi) is 4.41. The van der Waals surface area contributed by atoms with Crippen molar-refractivity contribution >= 4 is 21.4 Å². The Labute approximate surface area is 140 Å². The molecule has 0 aromatic heterocycles. The minimum absolute atomic E-state index is 0.249. The third-order valence-corrected chi connectivity index (χ3v) is 4.96. The lowest BCUT2D eigenvalue weighted by Crippen LogP contribution is -2.16. The average Bonchev–Trinajstić information content (AvgIpc) is 2.96. The highest BCUT2D eigenvalue weighted by molar-refractivity contribution is 7.89. The molecule has 4 nitrogen and oxygen atoms in total. The number of rotatable bonds is 4. The molecule has 1 N–H and O–H groups in total. The van der Waals surface area contributed by atoms with Crippen molar-refractivity contribution in [3.63, 3.8) is 0 Å². The van der Waals surface area contributed by atoms with E-state index in [0.29, 0.717) is 11.3 Å². The summed E-state index contributed by atoms with van der Waals surface area (Å²) >= 11 is 0. The van der Waals surface area contributed by atoms with E-state index in [4.69, 9.17) is 0 Å². The normalized spacial score (nSPS) is 13.6. The number of carbonyl (C=O) groups is 1. The maximum atomic E-state index is 13.5. The standard InChI is InChI=1S/C18H18FNO3S/c1-24(22,23)11-13-10-14(19)8-9-17(13)20-18(21)16-7-3-5-12-4-2-6-15(12)16/h3,5,7-10H,2,4,6,11H2,1H3,(H,20,21). The molecule has 0 saturated heterocycles. The van der Waals surface area contributed by atoms with Crippen molar-refractivity contribution in [2.45, 2.75) is 25.0 Å². The Balaban J connectivity index is 1.92. The molecule has 126 valence electrons. The SMILES string of the molecule is CS(=O)(=O)Cc1cc(F)ccc1NC(=O)c1cccc2c1CCC2. The van der Waals surface area contributed by atoms with E-state index in [9.17, 15) is 17.6 Å². The molecule has 3 rings (SSSR count). The molecule has 0 spiro atoms. The summed E-state index contributed by atoms with van der Waals surface area (Å²) in [6.07, 6.45) is 3.92. The molecule has 6 heteroatoms. The van der Waals surface area contributed by atoms with Gasteiger partial charge in [-0.3, -0.25) is 4.79 Å². The van der Waals surface area contributed by atoms with Crippen LogP contribution in [0, 0.1) is 5.82 Å². The van der Waals surface area contributed by atoms with Gasteiger partial charge in [-0.1, -0.05) is 12.1 Å². The molecule has 2 aromatic rings. The van der Waals surface area contributed by atoms with Crippen LogP contribution < -0.4 is 5.32 Å². The predicted octanol–water partition coefficient (Wildman–Crippen LogP) is 3.11. The van der Waals surface area contributed by atoms with E-state index in [1.807, 2.05) is 12.1 Å². The van der Waals surface area contributed by atoms with Gasteiger partial charge in [0.15, 0.2) is 9.84 Å². The van der Waals surface area contributed by atoms with Crippen LogP contribution >= 0.6 is 0 Å². The predicted molar refractivity (Wildman–Crippen MR) is 91.4 cm³/mol. The van der Waals surface area contributed by atoms with Crippen LogP contribution in [0.5, 0.6) is 0 Å². The van der Waals surface area contributed by atoms with Crippen molar-refractivity contribution in [2.24, 2.45) is 0 Å². The fourth-order valence-electron chi connectivity index (χ4n) is 3.11. The number of hydrogen-bond acceptors (Lipinski definition) is 3. The zero-order valence-electron chi connectivity index (χ0n) is 13.3. The zero-order valence-corrected chi connectivity index (χ0v) is 14.1. The quantitative estimate of drug-likeness (QED) is 0.924. The first-order valence-electron chi connectivity index (χ1n) is 7.72. The van der Waals surface area contributed by atoms with Gasteiger partial charge in [-0.25, -0.2) is 12.8 Å². The summed E-state index contributed by atoms with van der Waals surface area (Å²) < 4.78 is 36.5. The second kappa shape index (κ2) is 6.36. The van der Waals surface area contributed by atoms with Gasteiger partial charge in [0, 0.05) is 17.5 Å². The van der Waals surface area contributed by atoms with Crippen molar-refractivity contribution in [1.29, 1.82) is 0 Å². The second-order valence-corrected chi connectivity index (χ2v) is 8.26. The number of carbonyl (C=O) groups excluding carboxylic acids is 1. The van der Waals surface area contributed by atoms with Crippen molar-refractivity contribution in [1.82, 2.24) is 0 Å². The van der Waals surface area contributed by atoms with E-state index in [0.717, 1.165) is 37.1 Å². The average molecular weight is 347 g/mol. The van der Waals surface area contributed by atoms with Gasteiger partial charge in [0.2, 0.25) is 0 Å². The number of fused-ring (bicyclic) bond motifs is 1. The summed E-state index contributed by atoms with van der Waals surface area (Å²) in [6.45, 7) is 0. The topological polar surface area (TPSA) is 63.2 Å². The Morgan fingerprint density at radius 3 is 2.75 bits per heavy atom. The largest absolute Gasteiger partial charge is 0.322 e. The van der Waals surface area contributed by atoms with Crippen LogP contribution in [0.1, 0.15) is 33.5 Å². The number of aryl methyl sites for hydroxylation is 1. The van der Waals surface area contributed by atoms with Gasteiger partial charge in [0.25, 0.3) is 5.91 Å². The van der Waals surface area contributed by atoms with Crippen LogP contribution in [0.15, 0.2) is 36.4 Å². The fraction of sp³-hybridized carbons (Fsp3) is 0.278. The van der Waals surface area contributed by atoms with Gasteiger partial charge in [-0.15, -0.1) is 0 Å². The minimum Gasteiger partial charge on any atom is -0.322 e. The molecule has 24 heavy (non-hydrogen) atoms. The number of sulfone groups is 1. The molecule has 0 unspecified atom stereocenters. The highest BCUT2D eigenvalue weighted by atomic mass is 32.2. The summed E-state index contributed by atoms with van der Waals surface area (Å²) in [5.74, 6) is -1.16. The first-order chi connectivity index (χ1) is 11.3. The van der Waals surface area contributed by atoms with Crippen molar-refractivity contribution in [2.75, 3.05) is 11.6 Å². The third kappa shape index (κ3) is 3.64. The number of benzene rings is 2. The van der Waals surface area contributed by atoms with Crippen LogP contribution in [0.25, 0.3) is 0 Å². The van der Waals surface area contributed by atoms with Crippen molar-refractivity contribution in [3.8, 4) is 0 Å². The summed E-state index contributed by atoms with van der Waals surface area (Å²) in [5, 5.41) is 2.74. The molecule has 0 fully saturated rings. The molecule has 0 heterocycles. The Hall–Kier alpha value is -2.21. The van der Waals surface area contributed by atoms with Crippen LogP contribution in [0.4, 0.5) is 10.1 Å². The third-order valence-electron chi connectivity index (χ3n) is 4.12. The molecule has 0 atom stereocenters. The van der Waals surface area contributed by atoms with E-state index >= 15 is 0 Å². The maximum Gasteiger partial charge on any atom is 0.255 e. The lowest BCUT2D eigenvalue weighted by molar-refractivity contribution is 0.102. The molecule has 0 bridgehead atoms. The zero-order chi connectivity index (χ0) is 17.3. The molecule has 0 saturated carbocycles. The van der Waals surface area contributed by atoms with Crippen LogP contribution in [-0.2, 0) is 28.4 Å². The summed E-state index contributed by atoms with van der Waals surface area (Å²) in [7, 11) is -3.34. The van der Waals surface area contributed by atoms with Gasteiger partial charge < -0.3 is 5.32 Å². The van der Waals surface area contributed by atoms with Crippen molar-refractivity contribution < 1.29 is 17.6 Å². The number of halogens is 1. The maximum absolute atomic E-state index is 13.5. The fourth-order valence-corrected chi connectivity index (χ4v) is 3.91. The highest BCUT2D eigenvalue weighted by Gasteiger charge is 2.20. The van der Waals surface area contributed by atoms with Crippen LogP contribution in [0.3, 0.4) is 0 Å². The van der Waals surface area contributed by atoms with Crippen LogP contribution in [0.2, 0.25) is 0 Å². The van der Waals surface area contributed by atoms with Gasteiger partial charge in [-0.2, -0.15) is 0 Å². The molecular weight excluding hydrogens is 329 g/mol. The smallest absolute Gasteiger partial charge is 0.255 e. The first kappa shape index (κ1) is 16.6. The van der Waals surface area contributed by atoms with Gasteiger partial charge in [0.05, 0.1) is 5.75 Å². The van der Waals surface area contributed by atoms with Crippen LogP contribution in [-0.4, -0.2) is 20.6 Å². The molecule has 0 radical (unpaired) electrons. The van der Waals surface area contributed by atoms with Crippen molar-refractivity contribution in [3.05, 3.63) is 64.5 Å². The number of amides is 1. The van der Waals surface area contributed by atoms with Gasteiger partial charge in [0.1, 0.15) is 5.82 Å². The van der Waals surface area contributed by atoms with E-state index < -0.39 is 15.7 Å². The van der Waals surface area contributed by atoms with E-state index in [1.165, 1.54) is 17.7 Å². The second-order valence-electron chi connectivity index (χ2n) is 6.12. The lowest BCUT2D eigenvalue weighted by atomic mass is 10.0.